The van der Waals surface area contributed by atoms with Crippen molar-refractivity contribution in [2.24, 2.45) is 0 Å². The largest absolute Gasteiger partial charge is 0.423 e. The monoisotopic (exact) mass is 430 g/mol. The third-order valence-electron chi connectivity index (χ3n) is 4.25. The lowest BCUT2D eigenvalue weighted by Gasteiger charge is -2.21. The normalized spacial score (nSPS) is 13.2. The van der Waals surface area contributed by atoms with E-state index in [1.807, 2.05) is 19.1 Å². The van der Waals surface area contributed by atoms with Gasteiger partial charge in [-0.3, -0.25) is 0 Å². The first kappa shape index (κ1) is 19.1. The lowest BCUT2D eigenvalue weighted by atomic mass is 10.0. The maximum absolute atomic E-state index is 12.2. The van der Waals surface area contributed by atoms with Crippen LogP contribution in [-0.4, -0.2) is 17.2 Å². The van der Waals surface area contributed by atoms with Gasteiger partial charge in [0.1, 0.15) is 5.58 Å². The SMILES string of the molecule is Cc1cc(=O)oc2cc(NC(=O)N[C@@H](C)[C@@H](O)c3ccc(Br)cc3)ccc12. The van der Waals surface area contributed by atoms with Gasteiger partial charge >= 0.3 is 11.7 Å². The number of aliphatic hydroxyl groups excluding tert-OH is 1. The average Bonchev–Trinajstić information content (AvgIpc) is 2.61. The van der Waals surface area contributed by atoms with Crippen LogP contribution in [0, 0.1) is 6.92 Å². The second-order valence-electron chi connectivity index (χ2n) is 6.34. The van der Waals surface area contributed by atoms with Crippen LogP contribution in [0.3, 0.4) is 0 Å². The molecule has 0 aliphatic heterocycles. The number of fused-ring (bicyclic) bond motifs is 1. The van der Waals surface area contributed by atoms with Gasteiger partial charge in [0.05, 0.1) is 12.1 Å². The lowest BCUT2D eigenvalue weighted by molar-refractivity contribution is 0.139. The van der Waals surface area contributed by atoms with Gasteiger partial charge < -0.3 is 20.2 Å². The maximum atomic E-state index is 12.2. The van der Waals surface area contributed by atoms with E-state index in [9.17, 15) is 14.7 Å². The fourth-order valence-electron chi connectivity index (χ4n) is 2.80. The van der Waals surface area contributed by atoms with Crippen LogP contribution in [0.2, 0.25) is 0 Å². The number of aliphatic hydroxyl groups is 1. The molecule has 1 heterocycles. The predicted octanol–water partition coefficient (Wildman–Crippen LogP) is 4.11. The number of hydrogen-bond donors (Lipinski definition) is 3. The molecule has 2 aromatic carbocycles. The fourth-order valence-corrected chi connectivity index (χ4v) is 3.07. The van der Waals surface area contributed by atoms with E-state index in [4.69, 9.17) is 4.42 Å². The van der Waals surface area contributed by atoms with Crippen molar-refractivity contribution >= 4 is 38.6 Å². The molecule has 27 heavy (non-hydrogen) atoms. The van der Waals surface area contributed by atoms with E-state index in [0.29, 0.717) is 16.8 Å². The van der Waals surface area contributed by atoms with E-state index in [1.54, 1.807) is 37.3 Å². The molecule has 0 saturated carbocycles. The molecule has 0 bridgehead atoms. The second kappa shape index (κ2) is 7.94. The summed E-state index contributed by atoms with van der Waals surface area (Å²) in [6.45, 7) is 3.54. The van der Waals surface area contributed by atoms with Crippen LogP contribution < -0.4 is 16.3 Å². The molecule has 140 valence electrons. The zero-order valence-corrected chi connectivity index (χ0v) is 16.4. The first-order chi connectivity index (χ1) is 12.8. The van der Waals surface area contributed by atoms with Crippen molar-refractivity contribution in [2.75, 3.05) is 5.32 Å². The maximum Gasteiger partial charge on any atom is 0.336 e. The summed E-state index contributed by atoms with van der Waals surface area (Å²) in [5.41, 5.74) is 1.96. The Bertz CT molecular complexity index is 1030. The fraction of sp³-hybridized carbons (Fsp3) is 0.200. The standard InChI is InChI=1S/C20H19BrN2O4/c1-11-9-18(24)27-17-10-15(7-8-16(11)17)23-20(26)22-12(2)19(25)13-3-5-14(21)6-4-13/h3-10,12,19,25H,1-2H3,(H2,22,23,26)/t12-,19+/m0/s1. The molecular weight excluding hydrogens is 412 g/mol. The van der Waals surface area contributed by atoms with Crippen LogP contribution in [0.4, 0.5) is 10.5 Å². The van der Waals surface area contributed by atoms with Gasteiger partial charge in [-0.05, 0) is 49.2 Å². The number of hydrogen-bond acceptors (Lipinski definition) is 4. The van der Waals surface area contributed by atoms with Gasteiger partial charge in [-0.1, -0.05) is 28.1 Å². The van der Waals surface area contributed by atoms with Crippen molar-refractivity contribution in [3.8, 4) is 0 Å². The number of halogens is 1. The summed E-state index contributed by atoms with van der Waals surface area (Å²) < 4.78 is 6.09. The predicted molar refractivity (Wildman–Crippen MR) is 108 cm³/mol. The number of nitrogens with one attached hydrogen (secondary N) is 2. The smallest absolute Gasteiger partial charge is 0.336 e. The first-order valence-electron chi connectivity index (χ1n) is 8.39. The molecule has 1 aromatic heterocycles. The van der Waals surface area contributed by atoms with Crippen molar-refractivity contribution in [1.82, 2.24) is 5.32 Å². The van der Waals surface area contributed by atoms with Crippen molar-refractivity contribution in [3.05, 3.63) is 74.6 Å². The molecule has 3 N–H and O–H groups in total. The molecule has 6 nitrogen and oxygen atoms in total. The number of carbonyl (C=O) groups excluding carboxylic acids is 1. The topological polar surface area (TPSA) is 91.6 Å². The molecular formula is C20H19BrN2O4. The van der Waals surface area contributed by atoms with Gasteiger partial charge in [-0.2, -0.15) is 0 Å². The van der Waals surface area contributed by atoms with Crippen molar-refractivity contribution in [1.29, 1.82) is 0 Å². The summed E-state index contributed by atoms with van der Waals surface area (Å²) in [4.78, 5) is 23.8. The van der Waals surface area contributed by atoms with Crippen LogP contribution in [0.15, 0.2) is 62.2 Å². The molecule has 3 rings (SSSR count). The molecule has 0 saturated heterocycles. The zero-order chi connectivity index (χ0) is 19.6. The number of carbonyl (C=O) groups is 1. The minimum atomic E-state index is -0.846. The Balaban J connectivity index is 1.69. The van der Waals surface area contributed by atoms with E-state index >= 15 is 0 Å². The van der Waals surface area contributed by atoms with E-state index < -0.39 is 23.8 Å². The Morgan fingerprint density at radius 2 is 1.85 bits per heavy atom. The molecule has 0 unspecified atom stereocenters. The van der Waals surface area contributed by atoms with Gasteiger partial charge in [0.2, 0.25) is 0 Å². The summed E-state index contributed by atoms with van der Waals surface area (Å²) in [5, 5.41) is 16.6. The second-order valence-corrected chi connectivity index (χ2v) is 7.26. The Kier molecular flexibility index (Phi) is 5.62. The molecule has 0 aliphatic carbocycles. The first-order valence-corrected chi connectivity index (χ1v) is 9.18. The third kappa shape index (κ3) is 4.56. The quantitative estimate of drug-likeness (QED) is 0.543. The summed E-state index contributed by atoms with van der Waals surface area (Å²) in [5.74, 6) is 0. The molecule has 0 spiro atoms. The molecule has 7 heteroatoms. The number of amides is 2. The molecule has 2 atom stereocenters. The van der Waals surface area contributed by atoms with Crippen molar-refractivity contribution in [2.45, 2.75) is 26.0 Å². The molecule has 0 radical (unpaired) electrons. The van der Waals surface area contributed by atoms with Crippen LogP contribution in [0.25, 0.3) is 11.0 Å². The minimum Gasteiger partial charge on any atom is -0.423 e. The highest BCUT2D eigenvalue weighted by Crippen LogP contribution is 2.22. The number of rotatable bonds is 4. The Labute approximate surface area is 164 Å². The summed E-state index contributed by atoms with van der Waals surface area (Å²) in [6.07, 6.45) is -0.846. The summed E-state index contributed by atoms with van der Waals surface area (Å²) >= 11 is 3.35. The Hall–Kier alpha value is -2.64. The third-order valence-corrected chi connectivity index (χ3v) is 4.78. The molecule has 2 amide bonds. The number of aryl methyl sites for hydroxylation is 1. The highest BCUT2D eigenvalue weighted by atomic mass is 79.9. The highest BCUT2D eigenvalue weighted by molar-refractivity contribution is 9.10. The van der Waals surface area contributed by atoms with Crippen molar-refractivity contribution in [3.63, 3.8) is 0 Å². The number of benzene rings is 2. The van der Waals surface area contributed by atoms with E-state index in [2.05, 4.69) is 26.6 Å². The molecule has 0 fully saturated rings. The summed E-state index contributed by atoms with van der Waals surface area (Å²) in [7, 11) is 0. The van der Waals surface area contributed by atoms with Gasteiger partial charge in [0.15, 0.2) is 0 Å². The molecule has 3 aromatic rings. The van der Waals surface area contributed by atoms with Crippen LogP contribution >= 0.6 is 15.9 Å². The van der Waals surface area contributed by atoms with E-state index in [1.165, 1.54) is 6.07 Å². The van der Waals surface area contributed by atoms with Crippen molar-refractivity contribution < 1.29 is 14.3 Å². The van der Waals surface area contributed by atoms with Gasteiger partial charge in [0.25, 0.3) is 0 Å². The van der Waals surface area contributed by atoms with E-state index in [-0.39, 0.29) is 0 Å². The van der Waals surface area contributed by atoms with Gasteiger partial charge in [0, 0.05) is 27.7 Å². The average molecular weight is 431 g/mol. The lowest BCUT2D eigenvalue weighted by Crippen LogP contribution is -2.39. The summed E-state index contributed by atoms with van der Waals surface area (Å²) in [6, 6.07) is 12.8. The van der Waals surface area contributed by atoms with Gasteiger partial charge in [-0.15, -0.1) is 0 Å². The number of urea groups is 1. The van der Waals surface area contributed by atoms with Crippen LogP contribution in [0.5, 0.6) is 0 Å². The minimum absolute atomic E-state index is 0.403. The zero-order valence-electron chi connectivity index (χ0n) is 14.8. The highest BCUT2D eigenvalue weighted by Gasteiger charge is 2.18. The van der Waals surface area contributed by atoms with Crippen LogP contribution in [-0.2, 0) is 0 Å². The Morgan fingerprint density at radius 1 is 1.15 bits per heavy atom. The van der Waals surface area contributed by atoms with E-state index in [0.717, 1.165) is 15.4 Å². The molecule has 0 aliphatic rings. The number of anilines is 1. The Morgan fingerprint density at radius 3 is 2.56 bits per heavy atom. The van der Waals surface area contributed by atoms with Crippen LogP contribution in [0.1, 0.15) is 24.2 Å². The van der Waals surface area contributed by atoms with Gasteiger partial charge in [-0.25, -0.2) is 9.59 Å².